The van der Waals surface area contributed by atoms with Crippen LogP contribution in [0, 0.1) is 5.82 Å². The third-order valence-corrected chi connectivity index (χ3v) is 4.14. The maximum absolute atomic E-state index is 14.4. The second-order valence-corrected chi connectivity index (χ2v) is 5.73. The van der Waals surface area contributed by atoms with Gasteiger partial charge in [-0.05, 0) is 42.2 Å². The summed E-state index contributed by atoms with van der Waals surface area (Å²) in [5, 5.41) is 0. The van der Waals surface area contributed by atoms with E-state index in [4.69, 9.17) is 4.74 Å². The van der Waals surface area contributed by atoms with Crippen molar-refractivity contribution in [2.24, 2.45) is 4.99 Å². The third-order valence-electron chi connectivity index (χ3n) is 4.14. The summed E-state index contributed by atoms with van der Waals surface area (Å²) in [6.07, 6.45) is 2.25. The van der Waals surface area contributed by atoms with Crippen LogP contribution in [0.15, 0.2) is 47.5 Å². The summed E-state index contributed by atoms with van der Waals surface area (Å²) in [7, 11) is 1.92. The van der Waals surface area contributed by atoms with Gasteiger partial charge in [0.15, 0.2) is 0 Å². The molecule has 23 heavy (non-hydrogen) atoms. The molecule has 0 amide bonds. The molecule has 1 aliphatic rings. The minimum atomic E-state index is -0.309. The van der Waals surface area contributed by atoms with Crippen molar-refractivity contribution < 1.29 is 9.13 Å². The first-order chi connectivity index (χ1) is 11.2. The first-order valence-electron chi connectivity index (χ1n) is 7.92. The van der Waals surface area contributed by atoms with Gasteiger partial charge in [-0.25, -0.2) is 9.38 Å². The Morgan fingerprint density at radius 2 is 2.09 bits per heavy atom. The Kier molecular flexibility index (Phi) is 4.72. The smallest absolute Gasteiger partial charge is 0.149 e. The van der Waals surface area contributed by atoms with E-state index >= 15 is 0 Å². The third kappa shape index (κ3) is 3.42. The largest absolute Gasteiger partial charge is 0.368 e. The maximum atomic E-state index is 14.4. The van der Waals surface area contributed by atoms with Crippen molar-refractivity contribution in [1.82, 2.24) is 4.90 Å². The number of rotatable bonds is 4. The topological polar surface area (TPSA) is 24.8 Å². The molecule has 0 saturated heterocycles. The highest BCUT2D eigenvalue weighted by Crippen LogP contribution is 2.35. The minimum absolute atomic E-state index is 0.203. The molecule has 1 heterocycles. The minimum Gasteiger partial charge on any atom is -0.368 e. The summed E-state index contributed by atoms with van der Waals surface area (Å²) in [6, 6.07) is 13.4. The molecule has 0 spiro atoms. The molecular formula is C19H21FN2O. The van der Waals surface area contributed by atoms with Gasteiger partial charge in [0.05, 0.1) is 12.9 Å². The van der Waals surface area contributed by atoms with E-state index in [0.717, 1.165) is 29.7 Å². The molecule has 0 fully saturated rings. The Morgan fingerprint density at radius 3 is 2.83 bits per heavy atom. The summed E-state index contributed by atoms with van der Waals surface area (Å²) in [5.74, 6) is -0.309. The first-order valence-corrected chi connectivity index (χ1v) is 7.92. The van der Waals surface area contributed by atoms with Gasteiger partial charge in [-0.2, -0.15) is 0 Å². The van der Waals surface area contributed by atoms with Crippen molar-refractivity contribution in [3.05, 3.63) is 65.0 Å². The van der Waals surface area contributed by atoms with Crippen molar-refractivity contribution in [3.63, 3.8) is 0 Å². The number of nitrogens with zero attached hydrogens (tertiary/aromatic N) is 2. The fraction of sp³-hybridized carbons (Fsp3) is 0.316. The van der Waals surface area contributed by atoms with E-state index in [1.165, 1.54) is 0 Å². The Balaban J connectivity index is 1.96. The summed E-state index contributed by atoms with van der Waals surface area (Å²) >= 11 is 0. The van der Waals surface area contributed by atoms with Gasteiger partial charge >= 0.3 is 0 Å². The molecule has 0 radical (unpaired) electrons. The number of aliphatic imine (C=N–C) groups is 1. The van der Waals surface area contributed by atoms with Crippen LogP contribution in [0.1, 0.15) is 29.7 Å². The van der Waals surface area contributed by atoms with Crippen LogP contribution in [0.25, 0.3) is 0 Å². The molecule has 0 N–H and O–H groups in total. The normalized spacial score (nSPS) is 17.3. The summed E-state index contributed by atoms with van der Waals surface area (Å²) in [6.45, 7) is 3.49. The number of hydrogen-bond donors (Lipinski definition) is 0. The lowest BCUT2D eigenvalue weighted by molar-refractivity contribution is 0.0696. The van der Waals surface area contributed by atoms with Crippen molar-refractivity contribution >= 4 is 12.0 Å². The quantitative estimate of drug-likeness (QED) is 0.627. The predicted octanol–water partition coefficient (Wildman–Crippen LogP) is 4.10. The van der Waals surface area contributed by atoms with E-state index in [1.807, 2.05) is 55.3 Å². The van der Waals surface area contributed by atoms with Gasteiger partial charge in [-0.1, -0.05) is 30.3 Å². The van der Waals surface area contributed by atoms with E-state index in [9.17, 15) is 4.39 Å². The van der Waals surface area contributed by atoms with E-state index in [0.29, 0.717) is 12.3 Å². The second kappa shape index (κ2) is 6.92. The Hall–Kier alpha value is -2.20. The summed E-state index contributed by atoms with van der Waals surface area (Å²) < 4.78 is 20.3. The van der Waals surface area contributed by atoms with E-state index < -0.39 is 0 Å². The Labute approximate surface area is 136 Å². The molecule has 3 rings (SSSR count). The molecule has 1 unspecified atom stereocenters. The SMILES string of the molecule is CCN(C)/C=N/c1cc2c(cc1F)C(c1ccccc1)OCC2. The predicted molar refractivity (Wildman–Crippen MR) is 90.8 cm³/mol. The Bertz CT molecular complexity index is 700. The standard InChI is InChI=1S/C19H21FN2O/c1-3-22(2)13-21-18-11-15-9-10-23-19(16(15)12-17(18)20)14-7-5-4-6-8-14/h4-8,11-13,19H,3,9-10H2,1-2H3/b21-13+. The number of hydrogen-bond acceptors (Lipinski definition) is 2. The second-order valence-electron chi connectivity index (χ2n) is 5.73. The zero-order chi connectivity index (χ0) is 16.2. The van der Waals surface area contributed by atoms with Crippen LogP contribution in [0.2, 0.25) is 0 Å². The van der Waals surface area contributed by atoms with E-state index in [2.05, 4.69) is 4.99 Å². The van der Waals surface area contributed by atoms with Crippen molar-refractivity contribution in [2.75, 3.05) is 20.2 Å². The van der Waals surface area contributed by atoms with Crippen LogP contribution in [0.3, 0.4) is 0 Å². The lowest BCUT2D eigenvalue weighted by Crippen LogP contribution is -2.18. The van der Waals surface area contributed by atoms with Crippen molar-refractivity contribution in [2.45, 2.75) is 19.4 Å². The van der Waals surface area contributed by atoms with Crippen molar-refractivity contribution in [1.29, 1.82) is 0 Å². The molecule has 0 aromatic heterocycles. The lowest BCUT2D eigenvalue weighted by atomic mass is 9.92. The van der Waals surface area contributed by atoms with Gasteiger partial charge in [0.2, 0.25) is 0 Å². The van der Waals surface area contributed by atoms with E-state index in [1.54, 1.807) is 12.4 Å². The van der Waals surface area contributed by atoms with E-state index in [-0.39, 0.29) is 11.9 Å². The summed E-state index contributed by atoms with van der Waals surface area (Å²) in [4.78, 5) is 6.18. The maximum Gasteiger partial charge on any atom is 0.149 e. The molecule has 1 aliphatic heterocycles. The van der Waals surface area contributed by atoms with Crippen LogP contribution in [0.5, 0.6) is 0 Å². The number of benzene rings is 2. The molecule has 3 nitrogen and oxygen atoms in total. The first kappa shape index (κ1) is 15.7. The van der Waals surface area contributed by atoms with Gasteiger partial charge in [-0.3, -0.25) is 0 Å². The lowest BCUT2D eigenvalue weighted by Gasteiger charge is -2.27. The van der Waals surface area contributed by atoms with Crippen LogP contribution >= 0.6 is 0 Å². The van der Waals surface area contributed by atoms with Crippen LogP contribution in [0.4, 0.5) is 10.1 Å². The van der Waals surface area contributed by atoms with Gasteiger partial charge < -0.3 is 9.64 Å². The number of halogens is 1. The molecule has 4 heteroatoms. The zero-order valence-electron chi connectivity index (χ0n) is 13.5. The fourth-order valence-corrected chi connectivity index (χ4v) is 2.70. The molecule has 0 bridgehead atoms. The number of ether oxygens (including phenoxy) is 1. The Morgan fingerprint density at radius 1 is 1.30 bits per heavy atom. The van der Waals surface area contributed by atoms with Gasteiger partial charge in [0, 0.05) is 13.6 Å². The average molecular weight is 312 g/mol. The molecule has 0 aliphatic carbocycles. The molecule has 0 saturated carbocycles. The molecule has 2 aromatic rings. The van der Waals surface area contributed by atoms with Gasteiger partial charge in [0.1, 0.15) is 17.6 Å². The van der Waals surface area contributed by atoms with Crippen LogP contribution in [-0.2, 0) is 11.2 Å². The highest BCUT2D eigenvalue weighted by Gasteiger charge is 2.24. The summed E-state index contributed by atoms with van der Waals surface area (Å²) in [5.41, 5.74) is 3.45. The molecule has 2 aromatic carbocycles. The number of fused-ring (bicyclic) bond motifs is 1. The molecular weight excluding hydrogens is 291 g/mol. The highest BCUT2D eigenvalue weighted by molar-refractivity contribution is 5.62. The molecule has 120 valence electrons. The van der Waals surface area contributed by atoms with Crippen molar-refractivity contribution in [3.8, 4) is 0 Å². The van der Waals surface area contributed by atoms with Crippen LogP contribution in [-0.4, -0.2) is 31.4 Å². The zero-order valence-corrected chi connectivity index (χ0v) is 13.5. The van der Waals surface area contributed by atoms with Crippen LogP contribution < -0.4 is 0 Å². The van der Waals surface area contributed by atoms with Gasteiger partial charge in [0.25, 0.3) is 0 Å². The fourth-order valence-electron chi connectivity index (χ4n) is 2.70. The average Bonchev–Trinajstić information content (AvgIpc) is 2.60. The van der Waals surface area contributed by atoms with Gasteiger partial charge in [-0.15, -0.1) is 0 Å². The highest BCUT2D eigenvalue weighted by atomic mass is 19.1. The molecule has 1 atom stereocenters. The monoisotopic (exact) mass is 312 g/mol.